The summed E-state index contributed by atoms with van der Waals surface area (Å²) >= 11 is 0. The minimum absolute atomic E-state index is 0.0444. The standard InChI is InChI=1S/C16H22N2O3S/c1-12-15-7-3-2-6-14(15)10-18(12)16(19)17-9-13-5-4-8-22(20,21)11-13/h2-3,6-7,12-13H,4-5,8-11H2,1H3,(H,17,19). The quantitative estimate of drug-likeness (QED) is 0.907. The average Bonchev–Trinajstić information content (AvgIpc) is 2.82. The molecule has 1 aromatic carbocycles. The van der Waals surface area contributed by atoms with Gasteiger partial charge in [0.1, 0.15) is 0 Å². The fourth-order valence-electron chi connectivity index (χ4n) is 3.43. The average molecular weight is 322 g/mol. The number of amides is 2. The highest BCUT2D eigenvalue weighted by Gasteiger charge is 2.31. The van der Waals surface area contributed by atoms with Gasteiger partial charge < -0.3 is 10.2 Å². The zero-order valence-corrected chi connectivity index (χ0v) is 13.6. The van der Waals surface area contributed by atoms with Crippen molar-refractivity contribution in [3.63, 3.8) is 0 Å². The van der Waals surface area contributed by atoms with Gasteiger partial charge in [0.25, 0.3) is 0 Å². The van der Waals surface area contributed by atoms with E-state index >= 15 is 0 Å². The minimum Gasteiger partial charge on any atom is -0.338 e. The predicted octanol–water partition coefficient (Wildman–Crippen LogP) is 2.10. The number of benzene rings is 1. The number of carbonyl (C=O) groups is 1. The van der Waals surface area contributed by atoms with Crippen molar-refractivity contribution in [3.8, 4) is 0 Å². The van der Waals surface area contributed by atoms with Crippen LogP contribution in [-0.4, -0.2) is 37.4 Å². The van der Waals surface area contributed by atoms with Crippen molar-refractivity contribution in [1.29, 1.82) is 0 Å². The molecule has 120 valence electrons. The number of hydrogen-bond acceptors (Lipinski definition) is 3. The molecule has 0 saturated carbocycles. The Morgan fingerprint density at radius 2 is 2.14 bits per heavy atom. The molecule has 2 amide bonds. The topological polar surface area (TPSA) is 66.5 Å². The third-order valence-electron chi connectivity index (χ3n) is 4.67. The van der Waals surface area contributed by atoms with Crippen LogP contribution < -0.4 is 5.32 Å². The van der Waals surface area contributed by atoms with E-state index in [9.17, 15) is 13.2 Å². The molecule has 3 rings (SSSR count). The van der Waals surface area contributed by atoms with Crippen LogP contribution in [0.1, 0.15) is 36.9 Å². The Morgan fingerprint density at radius 1 is 1.36 bits per heavy atom. The lowest BCUT2D eigenvalue weighted by molar-refractivity contribution is 0.183. The van der Waals surface area contributed by atoms with E-state index in [4.69, 9.17) is 0 Å². The molecule has 0 aromatic heterocycles. The molecule has 6 heteroatoms. The Labute approximate surface area is 131 Å². The van der Waals surface area contributed by atoms with Crippen molar-refractivity contribution < 1.29 is 13.2 Å². The van der Waals surface area contributed by atoms with Crippen LogP contribution in [0.2, 0.25) is 0 Å². The van der Waals surface area contributed by atoms with Crippen molar-refractivity contribution >= 4 is 15.9 Å². The van der Waals surface area contributed by atoms with Crippen LogP contribution in [0.3, 0.4) is 0 Å². The summed E-state index contributed by atoms with van der Waals surface area (Å²) < 4.78 is 23.3. The van der Waals surface area contributed by atoms with E-state index in [1.807, 2.05) is 30.0 Å². The molecular formula is C16H22N2O3S. The van der Waals surface area contributed by atoms with Gasteiger partial charge in [-0.05, 0) is 36.8 Å². The second-order valence-corrected chi connectivity index (χ2v) is 8.54. The SMILES string of the molecule is CC1c2ccccc2CN1C(=O)NCC1CCCS(=O)(=O)C1. The molecule has 2 heterocycles. The number of rotatable bonds is 2. The highest BCUT2D eigenvalue weighted by atomic mass is 32.2. The summed E-state index contributed by atoms with van der Waals surface area (Å²) in [7, 11) is -2.92. The molecule has 1 saturated heterocycles. The number of fused-ring (bicyclic) bond motifs is 1. The molecule has 0 aliphatic carbocycles. The van der Waals surface area contributed by atoms with E-state index in [0.29, 0.717) is 19.5 Å². The minimum atomic E-state index is -2.92. The van der Waals surface area contributed by atoms with Crippen LogP contribution in [0, 0.1) is 5.92 Å². The van der Waals surface area contributed by atoms with Gasteiger partial charge >= 0.3 is 6.03 Å². The summed E-state index contributed by atoms with van der Waals surface area (Å²) in [6.07, 6.45) is 1.57. The molecule has 2 aliphatic heterocycles. The van der Waals surface area contributed by atoms with Crippen molar-refractivity contribution in [1.82, 2.24) is 10.2 Å². The zero-order chi connectivity index (χ0) is 15.7. The smallest absolute Gasteiger partial charge is 0.318 e. The van der Waals surface area contributed by atoms with E-state index in [-0.39, 0.29) is 29.5 Å². The molecule has 22 heavy (non-hydrogen) atoms. The van der Waals surface area contributed by atoms with Crippen LogP contribution >= 0.6 is 0 Å². The fourth-order valence-corrected chi connectivity index (χ4v) is 5.21. The molecule has 2 unspecified atom stereocenters. The number of hydrogen-bond donors (Lipinski definition) is 1. The van der Waals surface area contributed by atoms with Gasteiger partial charge in [-0.15, -0.1) is 0 Å². The van der Waals surface area contributed by atoms with E-state index in [2.05, 4.69) is 11.4 Å². The summed E-state index contributed by atoms with van der Waals surface area (Å²) in [5.41, 5.74) is 2.38. The summed E-state index contributed by atoms with van der Waals surface area (Å²) in [6.45, 7) is 3.08. The van der Waals surface area contributed by atoms with Crippen molar-refractivity contribution in [3.05, 3.63) is 35.4 Å². The Bertz CT molecular complexity index is 672. The van der Waals surface area contributed by atoms with Gasteiger partial charge in [0, 0.05) is 13.1 Å². The molecule has 1 aromatic rings. The van der Waals surface area contributed by atoms with Crippen LogP contribution in [-0.2, 0) is 16.4 Å². The third-order valence-corrected chi connectivity index (χ3v) is 6.56. The molecule has 0 bridgehead atoms. The van der Waals surface area contributed by atoms with Gasteiger partial charge in [-0.1, -0.05) is 24.3 Å². The maximum Gasteiger partial charge on any atom is 0.318 e. The Kier molecular flexibility index (Phi) is 4.12. The first-order valence-electron chi connectivity index (χ1n) is 7.79. The highest BCUT2D eigenvalue weighted by Crippen LogP contribution is 2.32. The first-order chi connectivity index (χ1) is 10.5. The number of nitrogens with zero attached hydrogens (tertiary/aromatic N) is 1. The molecule has 0 spiro atoms. The second kappa shape index (κ2) is 5.91. The Hall–Kier alpha value is -1.56. The molecular weight excluding hydrogens is 300 g/mol. The Morgan fingerprint density at radius 3 is 2.86 bits per heavy atom. The summed E-state index contributed by atoms with van der Waals surface area (Å²) in [5.74, 6) is 0.530. The Balaban J connectivity index is 1.57. The van der Waals surface area contributed by atoms with Crippen LogP contribution in [0.25, 0.3) is 0 Å². The first kappa shape index (κ1) is 15.3. The molecule has 1 fully saturated rings. The maximum atomic E-state index is 12.4. The molecule has 2 atom stereocenters. The number of urea groups is 1. The van der Waals surface area contributed by atoms with Crippen LogP contribution in [0.4, 0.5) is 4.79 Å². The lowest BCUT2D eigenvalue weighted by atomic mass is 10.1. The number of sulfone groups is 1. The summed E-state index contributed by atoms with van der Waals surface area (Å²) in [6, 6.07) is 8.04. The zero-order valence-electron chi connectivity index (χ0n) is 12.8. The van der Waals surface area contributed by atoms with E-state index < -0.39 is 9.84 Å². The van der Waals surface area contributed by atoms with Gasteiger partial charge in [-0.25, -0.2) is 13.2 Å². The van der Waals surface area contributed by atoms with Crippen molar-refractivity contribution in [2.75, 3.05) is 18.1 Å². The fraction of sp³-hybridized carbons (Fsp3) is 0.562. The maximum absolute atomic E-state index is 12.4. The van der Waals surface area contributed by atoms with Crippen LogP contribution in [0.5, 0.6) is 0 Å². The number of carbonyl (C=O) groups excluding carboxylic acids is 1. The third kappa shape index (κ3) is 3.11. The van der Waals surface area contributed by atoms with Gasteiger partial charge in [-0.2, -0.15) is 0 Å². The van der Waals surface area contributed by atoms with Gasteiger partial charge in [0.15, 0.2) is 9.84 Å². The van der Waals surface area contributed by atoms with E-state index in [1.54, 1.807) is 0 Å². The number of nitrogens with one attached hydrogen (secondary N) is 1. The molecule has 2 aliphatic rings. The van der Waals surface area contributed by atoms with Crippen molar-refractivity contribution in [2.24, 2.45) is 5.92 Å². The van der Waals surface area contributed by atoms with Crippen molar-refractivity contribution in [2.45, 2.75) is 32.4 Å². The normalized spacial score (nSPS) is 26.5. The van der Waals surface area contributed by atoms with Crippen LogP contribution in [0.15, 0.2) is 24.3 Å². The second-order valence-electron chi connectivity index (χ2n) is 6.31. The van der Waals surface area contributed by atoms with E-state index in [0.717, 1.165) is 6.42 Å². The monoisotopic (exact) mass is 322 g/mol. The predicted molar refractivity (Wildman–Crippen MR) is 85.2 cm³/mol. The van der Waals surface area contributed by atoms with Gasteiger partial charge in [0.05, 0.1) is 17.5 Å². The largest absolute Gasteiger partial charge is 0.338 e. The van der Waals surface area contributed by atoms with Gasteiger partial charge in [0.2, 0.25) is 0 Å². The lowest BCUT2D eigenvalue weighted by Gasteiger charge is -2.26. The van der Waals surface area contributed by atoms with Gasteiger partial charge in [-0.3, -0.25) is 0 Å². The summed E-state index contributed by atoms with van der Waals surface area (Å²) in [5, 5.41) is 2.92. The molecule has 0 radical (unpaired) electrons. The summed E-state index contributed by atoms with van der Waals surface area (Å²) in [4.78, 5) is 14.2. The molecule has 1 N–H and O–H groups in total. The van der Waals surface area contributed by atoms with E-state index in [1.165, 1.54) is 11.1 Å². The lowest BCUT2D eigenvalue weighted by Crippen LogP contribution is -2.42. The highest BCUT2D eigenvalue weighted by molar-refractivity contribution is 7.91. The first-order valence-corrected chi connectivity index (χ1v) is 9.61. The molecule has 5 nitrogen and oxygen atoms in total.